The molecule has 1 aliphatic rings. The molecule has 1 aromatic rings. The highest BCUT2D eigenvalue weighted by Crippen LogP contribution is 2.33. The fourth-order valence-corrected chi connectivity index (χ4v) is 1.37. The lowest BCUT2D eigenvalue weighted by Crippen LogP contribution is -2.06. The van der Waals surface area contributed by atoms with E-state index in [0.29, 0.717) is 12.5 Å². The maximum Gasteiger partial charge on any atom is 0.387 e. The third kappa shape index (κ3) is 3.41. The van der Waals surface area contributed by atoms with Gasteiger partial charge >= 0.3 is 6.61 Å². The molecule has 1 fully saturated rings. The SMILES string of the molecule is O=[C]c1ccc(OC(F)F)c(OCC2CC2)c1. The third-order valence-electron chi connectivity index (χ3n) is 2.45. The van der Waals surface area contributed by atoms with Crippen molar-refractivity contribution in [1.29, 1.82) is 0 Å². The predicted molar refractivity (Wildman–Crippen MR) is 56.1 cm³/mol. The Labute approximate surface area is 97.3 Å². The van der Waals surface area contributed by atoms with Crippen LogP contribution in [-0.4, -0.2) is 19.5 Å². The van der Waals surface area contributed by atoms with Crippen LogP contribution in [0.5, 0.6) is 11.5 Å². The lowest BCUT2D eigenvalue weighted by atomic mass is 10.2. The standard InChI is InChI=1S/C12H11F2O3/c13-12(14)17-10-4-3-9(6-15)5-11(10)16-7-8-1-2-8/h3-5,8,12H,1-2,7H2. The van der Waals surface area contributed by atoms with Gasteiger partial charge in [-0.1, -0.05) is 0 Å². The summed E-state index contributed by atoms with van der Waals surface area (Å²) in [6.45, 7) is -2.45. The molecule has 0 aliphatic heterocycles. The van der Waals surface area contributed by atoms with Gasteiger partial charge in [-0.05, 0) is 37.0 Å². The first kappa shape index (κ1) is 11.8. The second-order valence-electron chi connectivity index (χ2n) is 3.90. The highest BCUT2D eigenvalue weighted by Gasteiger charge is 2.23. The summed E-state index contributed by atoms with van der Waals surface area (Å²) in [5.74, 6) is 0.593. The van der Waals surface area contributed by atoms with Crippen molar-refractivity contribution in [2.24, 2.45) is 5.92 Å². The molecule has 0 heterocycles. The molecule has 0 bridgehead atoms. The molecule has 0 aromatic heterocycles. The van der Waals surface area contributed by atoms with Crippen molar-refractivity contribution in [2.45, 2.75) is 19.5 Å². The van der Waals surface area contributed by atoms with E-state index in [0.717, 1.165) is 12.8 Å². The van der Waals surface area contributed by atoms with E-state index in [1.165, 1.54) is 18.2 Å². The van der Waals surface area contributed by atoms with E-state index in [2.05, 4.69) is 4.74 Å². The second-order valence-corrected chi connectivity index (χ2v) is 3.90. The van der Waals surface area contributed by atoms with Crippen LogP contribution in [0.1, 0.15) is 18.4 Å². The van der Waals surface area contributed by atoms with Crippen LogP contribution >= 0.6 is 0 Å². The van der Waals surface area contributed by atoms with Gasteiger partial charge in [0.1, 0.15) is 0 Å². The molecule has 0 saturated heterocycles. The minimum absolute atomic E-state index is 0.0559. The molecule has 0 amide bonds. The fourth-order valence-electron chi connectivity index (χ4n) is 1.37. The van der Waals surface area contributed by atoms with Gasteiger partial charge in [0.15, 0.2) is 11.5 Å². The first-order chi connectivity index (χ1) is 8.19. The van der Waals surface area contributed by atoms with Crippen molar-refractivity contribution in [3.05, 3.63) is 23.8 Å². The number of carbonyl (C=O) groups excluding carboxylic acids is 1. The van der Waals surface area contributed by atoms with Crippen LogP contribution in [0.15, 0.2) is 18.2 Å². The zero-order valence-electron chi connectivity index (χ0n) is 8.99. The largest absolute Gasteiger partial charge is 0.489 e. The molecule has 17 heavy (non-hydrogen) atoms. The Morgan fingerprint density at radius 2 is 2.12 bits per heavy atom. The van der Waals surface area contributed by atoms with E-state index in [1.807, 2.05) is 0 Å². The molecule has 3 nitrogen and oxygen atoms in total. The zero-order chi connectivity index (χ0) is 12.3. The van der Waals surface area contributed by atoms with Crippen LogP contribution in [0.3, 0.4) is 0 Å². The van der Waals surface area contributed by atoms with Crippen LogP contribution in [0.2, 0.25) is 0 Å². The van der Waals surface area contributed by atoms with Crippen molar-refractivity contribution < 1.29 is 23.0 Å². The van der Waals surface area contributed by atoms with Gasteiger partial charge in [-0.15, -0.1) is 0 Å². The number of rotatable bonds is 6. The van der Waals surface area contributed by atoms with Gasteiger partial charge in [-0.3, -0.25) is 4.79 Å². The maximum absolute atomic E-state index is 12.1. The third-order valence-corrected chi connectivity index (χ3v) is 2.45. The van der Waals surface area contributed by atoms with Gasteiger partial charge in [0.25, 0.3) is 0 Å². The molecule has 91 valence electrons. The molecule has 0 spiro atoms. The normalized spacial score (nSPS) is 14.8. The van der Waals surface area contributed by atoms with E-state index in [4.69, 9.17) is 4.74 Å². The average Bonchev–Trinajstić information content (AvgIpc) is 3.11. The average molecular weight is 241 g/mol. The summed E-state index contributed by atoms with van der Waals surface area (Å²) >= 11 is 0. The summed E-state index contributed by atoms with van der Waals surface area (Å²) in [5, 5.41) is 0. The molecule has 1 aliphatic carbocycles. The van der Waals surface area contributed by atoms with E-state index in [1.54, 1.807) is 6.29 Å². The number of ether oxygens (including phenoxy) is 2. The Balaban J connectivity index is 2.12. The number of hydrogen-bond acceptors (Lipinski definition) is 3. The number of alkyl halides is 2. The summed E-state index contributed by atoms with van der Waals surface area (Å²) in [6, 6.07) is 4.00. The minimum atomic E-state index is -2.91. The van der Waals surface area contributed by atoms with Crippen LogP contribution in [0.25, 0.3) is 0 Å². The van der Waals surface area contributed by atoms with E-state index < -0.39 is 6.61 Å². The summed E-state index contributed by atoms with van der Waals surface area (Å²) in [4.78, 5) is 10.5. The van der Waals surface area contributed by atoms with Crippen molar-refractivity contribution in [3.8, 4) is 11.5 Å². The quantitative estimate of drug-likeness (QED) is 0.767. The molecule has 1 saturated carbocycles. The zero-order valence-corrected chi connectivity index (χ0v) is 8.99. The molecule has 0 atom stereocenters. The van der Waals surface area contributed by atoms with Crippen LogP contribution in [0.4, 0.5) is 8.78 Å². The second kappa shape index (κ2) is 5.12. The van der Waals surface area contributed by atoms with Crippen molar-refractivity contribution in [1.82, 2.24) is 0 Å². The Bertz CT molecular complexity index is 403. The van der Waals surface area contributed by atoms with Crippen molar-refractivity contribution >= 4 is 6.29 Å². The van der Waals surface area contributed by atoms with Crippen LogP contribution in [0, 0.1) is 5.92 Å². The maximum atomic E-state index is 12.1. The van der Waals surface area contributed by atoms with Gasteiger partial charge in [-0.2, -0.15) is 8.78 Å². The Hall–Kier alpha value is -1.65. The summed E-state index contributed by atoms with van der Waals surface area (Å²) in [5.41, 5.74) is 0.248. The van der Waals surface area contributed by atoms with E-state index in [9.17, 15) is 13.6 Å². The molecule has 2 rings (SSSR count). The minimum Gasteiger partial charge on any atom is -0.489 e. The van der Waals surface area contributed by atoms with Crippen molar-refractivity contribution in [3.63, 3.8) is 0 Å². The van der Waals surface area contributed by atoms with E-state index >= 15 is 0 Å². The lowest BCUT2D eigenvalue weighted by molar-refractivity contribution is -0.0515. The number of halogens is 2. The summed E-state index contributed by atoms with van der Waals surface area (Å²) < 4.78 is 34.0. The lowest BCUT2D eigenvalue weighted by Gasteiger charge is -2.12. The molecule has 1 aromatic carbocycles. The van der Waals surface area contributed by atoms with E-state index in [-0.39, 0.29) is 17.1 Å². The summed E-state index contributed by atoms with van der Waals surface area (Å²) in [6.07, 6.45) is 3.85. The Kier molecular flexibility index (Phi) is 3.56. The van der Waals surface area contributed by atoms with Crippen LogP contribution in [-0.2, 0) is 4.79 Å². The van der Waals surface area contributed by atoms with Crippen molar-refractivity contribution in [2.75, 3.05) is 6.61 Å². The monoisotopic (exact) mass is 241 g/mol. The van der Waals surface area contributed by atoms with Gasteiger partial charge in [0, 0.05) is 5.56 Å². The number of hydrogen-bond donors (Lipinski definition) is 0. The van der Waals surface area contributed by atoms with Crippen LogP contribution < -0.4 is 9.47 Å². The first-order valence-corrected chi connectivity index (χ1v) is 5.29. The first-order valence-electron chi connectivity index (χ1n) is 5.29. The molecule has 0 N–H and O–H groups in total. The Morgan fingerprint density at radius 3 is 2.71 bits per heavy atom. The van der Waals surface area contributed by atoms with Gasteiger partial charge in [0.05, 0.1) is 6.61 Å². The predicted octanol–water partition coefficient (Wildman–Crippen LogP) is 2.53. The molecular weight excluding hydrogens is 230 g/mol. The molecule has 5 heteroatoms. The molecule has 0 unspecified atom stereocenters. The highest BCUT2D eigenvalue weighted by molar-refractivity contribution is 5.76. The fraction of sp³-hybridized carbons (Fsp3) is 0.417. The number of benzene rings is 1. The van der Waals surface area contributed by atoms with Gasteiger partial charge in [0.2, 0.25) is 6.29 Å². The van der Waals surface area contributed by atoms with Gasteiger partial charge in [-0.25, -0.2) is 0 Å². The van der Waals surface area contributed by atoms with Gasteiger partial charge < -0.3 is 9.47 Å². The molecular formula is C12H11F2O3. The smallest absolute Gasteiger partial charge is 0.387 e. The Morgan fingerprint density at radius 1 is 1.35 bits per heavy atom. The summed E-state index contributed by atoms with van der Waals surface area (Å²) in [7, 11) is 0. The molecule has 1 radical (unpaired) electrons. The topological polar surface area (TPSA) is 35.5 Å². The highest BCUT2D eigenvalue weighted by atomic mass is 19.3.